The Bertz CT molecular complexity index is 856. The second-order valence-electron chi connectivity index (χ2n) is 8.39. The van der Waals surface area contributed by atoms with Crippen LogP contribution in [-0.4, -0.2) is 15.7 Å². The van der Waals surface area contributed by atoms with E-state index < -0.39 is 0 Å². The highest BCUT2D eigenvalue weighted by Crippen LogP contribution is 2.24. The molecule has 0 fully saturated rings. The maximum absolute atomic E-state index is 12.7. The Balaban J connectivity index is 2.03. The summed E-state index contributed by atoms with van der Waals surface area (Å²) >= 11 is 0. The molecule has 5 nitrogen and oxygen atoms in total. The number of nitrogens with zero attached hydrogens (tertiary/aromatic N) is 3. The Hall–Kier alpha value is -2.61. The van der Waals surface area contributed by atoms with Crippen LogP contribution < -0.4 is 5.32 Å². The van der Waals surface area contributed by atoms with Crippen molar-refractivity contribution in [2.24, 2.45) is 5.92 Å². The molecule has 0 unspecified atom stereocenters. The fraction of sp³-hybridized carbons (Fsp3) is 0.542. The number of hydrogen-bond acceptors (Lipinski definition) is 3. The van der Waals surface area contributed by atoms with E-state index in [-0.39, 0.29) is 11.9 Å². The molecule has 0 saturated heterocycles. The van der Waals surface area contributed by atoms with Gasteiger partial charge in [0.25, 0.3) is 0 Å². The largest absolute Gasteiger partial charge is 0.349 e. The van der Waals surface area contributed by atoms with Gasteiger partial charge >= 0.3 is 0 Å². The molecule has 0 aliphatic rings. The van der Waals surface area contributed by atoms with Gasteiger partial charge in [-0.15, -0.1) is 0 Å². The van der Waals surface area contributed by atoms with Crippen LogP contribution in [0.5, 0.6) is 0 Å². The predicted octanol–water partition coefficient (Wildman–Crippen LogP) is 4.98. The van der Waals surface area contributed by atoms with Gasteiger partial charge in [-0.3, -0.25) is 9.48 Å². The van der Waals surface area contributed by atoms with Crippen LogP contribution in [0.3, 0.4) is 0 Å². The second-order valence-corrected chi connectivity index (χ2v) is 8.39. The minimum absolute atomic E-state index is 0.00394. The monoisotopic (exact) mass is 394 g/mol. The van der Waals surface area contributed by atoms with Gasteiger partial charge in [-0.25, -0.2) is 0 Å². The van der Waals surface area contributed by atoms with Gasteiger partial charge in [-0.2, -0.15) is 10.4 Å². The van der Waals surface area contributed by atoms with Crippen LogP contribution in [0.4, 0.5) is 0 Å². The highest BCUT2D eigenvalue weighted by atomic mass is 16.1. The van der Waals surface area contributed by atoms with Gasteiger partial charge in [0.15, 0.2) is 0 Å². The lowest BCUT2D eigenvalue weighted by Gasteiger charge is -2.23. The molecule has 1 aromatic heterocycles. The average Bonchev–Trinajstić information content (AvgIpc) is 2.95. The first-order valence-corrected chi connectivity index (χ1v) is 10.5. The van der Waals surface area contributed by atoms with E-state index in [1.165, 1.54) is 5.56 Å². The van der Waals surface area contributed by atoms with Crippen molar-refractivity contribution in [3.05, 3.63) is 52.3 Å². The first-order chi connectivity index (χ1) is 13.7. The first kappa shape index (κ1) is 22.7. The van der Waals surface area contributed by atoms with Gasteiger partial charge < -0.3 is 5.32 Å². The van der Waals surface area contributed by atoms with E-state index in [1.807, 2.05) is 18.5 Å². The lowest BCUT2D eigenvalue weighted by atomic mass is 9.93. The molecule has 1 aromatic carbocycles. The van der Waals surface area contributed by atoms with E-state index in [2.05, 4.69) is 68.4 Å². The fourth-order valence-corrected chi connectivity index (χ4v) is 3.68. The number of hydrogen-bond donors (Lipinski definition) is 1. The molecule has 0 saturated carbocycles. The zero-order chi connectivity index (χ0) is 21.6. The zero-order valence-corrected chi connectivity index (χ0v) is 18.6. The topological polar surface area (TPSA) is 70.7 Å². The molecule has 0 aliphatic heterocycles. The van der Waals surface area contributed by atoms with Gasteiger partial charge in [0.1, 0.15) is 0 Å². The van der Waals surface area contributed by atoms with Crippen molar-refractivity contribution in [2.45, 2.75) is 79.3 Å². The third-order valence-corrected chi connectivity index (χ3v) is 5.51. The first-order valence-electron chi connectivity index (χ1n) is 10.5. The molecule has 5 heteroatoms. The third-order valence-electron chi connectivity index (χ3n) is 5.51. The highest BCUT2D eigenvalue weighted by Gasteiger charge is 2.19. The minimum atomic E-state index is 0.00394. The number of aryl methyl sites for hydroxylation is 2. The standard InChI is InChI=1S/C24H34N4O/c1-16(2)20-8-10-21(11-9-20)24(17(3)4)26-23(29)13-12-22-18(5)27-28(19(22)6)15-7-14-25/h8-11,16-17,24H,7,12-13,15H2,1-6H3,(H,26,29)/t24-/m0/s1. The minimum Gasteiger partial charge on any atom is -0.349 e. The number of nitrogens with one attached hydrogen (secondary N) is 1. The van der Waals surface area contributed by atoms with Crippen LogP contribution in [0.1, 0.15) is 80.6 Å². The molecular weight excluding hydrogens is 360 g/mol. The molecular formula is C24H34N4O. The third kappa shape index (κ3) is 5.93. The van der Waals surface area contributed by atoms with Gasteiger partial charge in [-0.05, 0) is 48.8 Å². The summed E-state index contributed by atoms with van der Waals surface area (Å²) in [5, 5.41) is 16.5. The molecule has 0 bridgehead atoms. The predicted molar refractivity (Wildman–Crippen MR) is 117 cm³/mol. The van der Waals surface area contributed by atoms with E-state index >= 15 is 0 Å². The van der Waals surface area contributed by atoms with Crippen molar-refractivity contribution in [3.8, 4) is 6.07 Å². The smallest absolute Gasteiger partial charge is 0.220 e. The van der Waals surface area contributed by atoms with Crippen LogP contribution in [0.25, 0.3) is 0 Å². The Morgan fingerprint density at radius 1 is 1.14 bits per heavy atom. The van der Waals surface area contributed by atoms with Crippen LogP contribution in [0.2, 0.25) is 0 Å². The lowest BCUT2D eigenvalue weighted by molar-refractivity contribution is -0.122. The Morgan fingerprint density at radius 2 is 1.76 bits per heavy atom. The second kappa shape index (κ2) is 10.2. The Kier molecular flexibility index (Phi) is 8.01. The van der Waals surface area contributed by atoms with Gasteiger partial charge in [0.05, 0.1) is 30.8 Å². The SMILES string of the molecule is Cc1nn(CCC#N)c(C)c1CCC(=O)N[C@H](c1ccc(C(C)C)cc1)C(C)C. The summed E-state index contributed by atoms with van der Waals surface area (Å²) < 4.78 is 1.87. The quantitative estimate of drug-likeness (QED) is 0.652. The summed E-state index contributed by atoms with van der Waals surface area (Å²) in [5.41, 5.74) is 5.56. The van der Waals surface area contributed by atoms with Crippen LogP contribution in [0.15, 0.2) is 24.3 Å². The van der Waals surface area contributed by atoms with E-state index in [0.717, 1.165) is 22.5 Å². The molecule has 29 heavy (non-hydrogen) atoms. The summed E-state index contributed by atoms with van der Waals surface area (Å²) in [7, 11) is 0. The molecule has 1 amide bonds. The van der Waals surface area contributed by atoms with Crippen molar-refractivity contribution in [3.63, 3.8) is 0 Å². The van der Waals surface area contributed by atoms with Crippen molar-refractivity contribution in [1.29, 1.82) is 5.26 Å². The van der Waals surface area contributed by atoms with Gasteiger partial charge in [-0.1, -0.05) is 52.0 Å². The maximum Gasteiger partial charge on any atom is 0.220 e. The number of carbonyl (C=O) groups is 1. The molecule has 2 aromatic rings. The molecule has 2 rings (SSSR count). The Morgan fingerprint density at radius 3 is 2.31 bits per heavy atom. The van der Waals surface area contributed by atoms with E-state index in [0.29, 0.717) is 37.6 Å². The molecule has 0 spiro atoms. The fourth-order valence-electron chi connectivity index (χ4n) is 3.68. The summed E-state index contributed by atoms with van der Waals surface area (Å²) in [6.45, 7) is 13.2. The molecule has 1 atom stereocenters. The summed E-state index contributed by atoms with van der Waals surface area (Å²) in [6.07, 6.45) is 1.53. The van der Waals surface area contributed by atoms with Crippen LogP contribution in [0, 0.1) is 31.1 Å². The van der Waals surface area contributed by atoms with E-state index in [4.69, 9.17) is 5.26 Å². The van der Waals surface area contributed by atoms with Crippen molar-refractivity contribution in [1.82, 2.24) is 15.1 Å². The number of rotatable bonds is 9. The van der Waals surface area contributed by atoms with Crippen molar-refractivity contribution >= 4 is 5.91 Å². The molecule has 0 aliphatic carbocycles. The molecule has 1 N–H and O–H groups in total. The number of aromatic nitrogens is 2. The number of carbonyl (C=O) groups excluding carboxylic acids is 1. The maximum atomic E-state index is 12.7. The summed E-state index contributed by atoms with van der Waals surface area (Å²) in [6, 6.07) is 10.7. The molecule has 0 radical (unpaired) electrons. The number of nitriles is 1. The summed E-state index contributed by atoms with van der Waals surface area (Å²) in [5.74, 6) is 0.859. The van der Waals surface area contributed by atoms with Gasteiger partial charge in [0, 0.05) is 12.1 Å². The highest BCUT2D eigenvalue weighted by molar-refractivity contribution is 5.76. The Labute approximate surface area is 175 Å². The molecule has 156 valence electrons. The van der Waals surface area contributed by atoms with E-state index in [1.54, 1.807) is 0 Å². The van der Waals surface area contributed by atoms with Gasteiger partial charge in [0.2, 0.25) is 5.91 Å². The van der Waals surface area contributed by atoms with Crippen molar-refractivity contribution < 1.29 is 4.79 Å². The number of amides is 1. The number of benzene rings is 1. The normalized spacial score (nSPS) is 12.2. The van der Waals surface area contributed by atoms with Crippen LogP contribution in [-0.2, 0) is 17.8 Å². The van der Waals surface area contributed by atoms with Crippen LogP contribution >= 0.6 is 0 Å². The lowest BCUT2D eigenvalue weighted by Crippen LogP contribution is -2.32. The van der Waals surface area contributed by atoms with E-state index in [9.17, 15) is 4.79 Å². The average molecular weight is 395 g/mol. The molecule has 1 heterocycles. The zero-order valence-electron chi connectivity index (χ0n) is 18.6. The van der Waals surface area contributed by atoms with Crippen molar-refractivity contribution in [2.75, 3.05) is 0 Å². The summed E-state index contributed by atoms with van der Waals surface area (Å²) in [4.78, 5) is 12.7.